The lowest BCUT2D eigenvalue weighted by Crippen LogP contribution is -2.04. The summed E-state index contributed by atoms with van der Waals surface area (Å²) >= 11 is 0. The second kappa shape index (κ2) is 4.68. The van der Waals surface area contributed by atoms with Crippen molar-refractivity contribution in [2.24, 2.45) is 0 Å². The number of carbonyl (C=O) groups is 1. The molecule has 0 aromatic heterocycles. The van der Waals surface area contributed by atoms with E-state index in [1.54, 1.807) is 13.8 Å². The molecule has 4 heteroatoms. The van der Waals surface area contributed by atoms with E-state index in [-0.39, 0.29) is 11.9 Å². The number of hydrogen-bond donors (Lipinski definition) is 0. The van der Waals surface area contributed by atoms with Crippen LogP contribution in [0.4, 0.5) is 0 Å². The van der Waals surface area contributed by atoms with E-state index in [4.69, 9.17) is 4.52 Å². The minimum absolute atomic E-state index is 0.0661. The number of ketones is 1. The van der Waals surface area contributed by atoms with Gasteiger partial charge in [0.1, 0.15) is 5.78 Å². The Labute approximate surface area is 67.6 Å². The highest BCUT2D eigenvalue weighted by atomic mass is 31.2. The van der Waals surface area contributed by atoms with Gasteiger partial charge in [0, 0.05) is 6.16 Å². The van der Waals surface area contributed by atoms with Gasteiger partial charge in [0.2, 0.25) is 7.37 Å². The van der Waals surface area contributed by atoms with Crippen LogP contribution in [0.2, 0.25) is 0 Å². The van der Waals surface area contributed by atoms with Gasteiger partial charge in [-0.05, 0) is 13.8 Å². The van der Waals surface area contributed by atoms with Crippen LogP contribution in [0, 0.1) is 0 Å². The third-order valence-electron chi connectivity index (χ3n) is 1.31. The normalized spacial score (nSPS) is 15.9. The van der Waals surface area contributed by atoms with Crippen LogP contribution < -0.4 is 0 Å². The summed E-state index contributed by atoms with van der Waals surface area (Å²) in [6, 6.07) is 0. The number of rotatable bonds is 5. The Morgan fingerprint density at radius 2 is 2.00 bits per heavy atom. The maximum Gasteiger partial charge on any atom is 0.210 e. The van der Waals surface area contributed by atoms with Crippen molar-refractivity contribution in [2.75, 3.05) is 18.9 Å². The monoisotopic (exact) mass is 178 g/mol. The van der Waals surface area contributed by atoms with E-state index >= 15 is 0 Å². The van der Waals surface area contributed by atoms with Gasteiger partial charge in [-0.25, -0.2) is 0 Å². The molecule has 1 atom stereocenters. The molecule has 0 aliphatic rings. The highest BCUT2D eigenvalue weighted by Crippen LogP contribution is 2.45. The van der Waals surface area contributed by atoms with Gasteiger partial charge in [0.05, 0.1) is 12.8 Å². The molecule has 0 N–H and O–H groups in total. The second-order valence-corrected chi connectivity index (χ2v) is 5.24. The lowest BCUT2D eigenvalue weighted by Gasteiger charge is -2.13. The van der Waals surface area contributed by atoms with E-state index in [1.165, 1.54) is 6.92 Å². The summed E-state index contributed by atoms with van der Waals surface area (Å²) in [5.41, 5.74) is 0. The van der Waals surface area contributed by atoms with Crippen molar-refractivity contribution in [1.82, 2.24) is 0 Å². The lowest BCUT2D eigenvalue weighted by molar-refractivity contribution is -0.114. The summed E-state index contributed by atoms with van der Waals surface area (Å²) in [6.07, 6.45) is 0.526. The van der Waals surface area contributed by atoms with Crippen LogP contribution in [0.3, 0.4) is 0 Å². The fraction of sp³-hybridized carbons (Fsp3) is 0.857. The van der Waals surface area contributed by atoms with Gasteiger partial charge in [-0.3, -0.25) is 9.36 Å². The molecule has 0 aliphatic heterocycles. The highest BCUT2D eigenvalue weighted by Gasteiger charge is 2.21. The minimum atomic E-state index is -2.61. The van der Waals surface area contributed by atoms with E-state index in [2.05, 4.69) is 0 Å². The lowest BCUT2D eigenvalue weighted by atomic mass is 10.5. The molecule has 0 aromatic carbocycles. The molecule has 0 aliphatic carbocycles. The number of hydrogen-bond acceptors (Lipinski definition) is 3. The van der Waals surface area contributed by atoms with Gasteiger partial charge >= 0.3 is 0 Å². The Morgan fingerprint density at radius 1 is 1.45 bits per heavy atom. The summed E-state index contributed by atoms with van der Waals surface area (Å²) in [7, 11) is -2.61. The fourth-order valence-corrected chi connectivity index (χ4v) is 2.47. The molecule has 0 saturated carbocycles. The summed E-state index contributed by atoms with van der Waals surface area (Å²) in [5, 5.41) is 0. The minimum Gasteiger partial charge on any atom is -0.328 e. The van der Waals surface area contributed by atoms with Crippen molar-refractivity contribution >= 4 is 13.2 Å². The first-order valence-electron chi connectivity index (χ1n) is 3.76. The molecule has 3 nitrogen and oxygen atoms in total. The Balaban J connectivity index is 4.10. The van der Waals surface area contributed by atoms with Crippen molar-refractivity contribution in [3.8, 4) is 0 Å². The first kappa shape index (κ1) is 10.9. The Bertz CT molecular complexity index is 177. The number of carbonyl (C=O) groups excluding carboxylic acids is 1. The zero-order valence-electron chi connectivity index (χ0n) is 7.29. The van der Waals surface area contributed by atoms with E-state index in [0.29, 0.717) is 12.8 Å². The number of Topliss-reactive ketones (excluding diaryl/α,β-unsaturated/α-hetero) is 1. The summed E-state index contributed by atoms with van der Waals surface area (Å²) in [5.74, 6) is -0.0661. The van der Waals surface area contributed by atoms with Gasteiger partial charge in [-0.1, -0.05) is 6.92 Å². The molecule has 0 radical (unpaired) electrons. The topological polar surface area (TPSA) is 43.4 Å². The van der Waals surface area contributed by atoms with Crippen molar-refractivity contribution in [2.45, 2.75) is 20.8 Å². The van der Waals surface area contributed by atoms with E-state index in [1.807, 2.05) is 0 Å². The van der Waals surface area contributed by atoms with Gasteiger partial charge < -0.3 is 4.52 Å². The standard InChI is InChI=1S/C7H15O3P/c1-4-10-11(9,5-2)6-7(3)8/h4-6H2,1-3H3. The van der Waals surface area contributed by atoms with Crippen molar-refractivity contribution in [3.05, 3.63) is 0 Å². The zero-order chi connectivity index (χ0) is 8.91. The second-order valence-electron chi connectivity index (χ2n) is 2.41. The van der Waals surface area contributed by atoms with Crippen LogP contribution in [0.15, 0.2) is 0 Å². The molecule has 0 saturated heterocycles. The van der Waals surface area contributed by atoms with Crippen LogP contribution in [0.1, 0.15) is 20.8 Å². The Kier molecular flexibility index (Phi) is 4.62. The zero-order valence-corrected chi connectivity index (χ0v) is 8.19. The third-order valence-corrected chi connectivity index (χ3v) is 3.93. The van der Waals surface area contributed by atoms with E-state index in [0.717, 1.165) is 0 Å². The summed E-state index contributed by atoms with van der Waals surface area (Å²) < 4.78 is 16.6. The quantitative estimate of drug-likeness (QED) is 0.604. The highest BCUT2D eigenvalue weighted by molar-refractivity contribution is 7.59. The molecule has 0 rings (SSSR count). The SMILES string of the molecule is CCOP(=O)(CC)CC(C)=O. The smallest absolute Gasteiger partial charge is 0.210 e. The predicted molar refractivity (Wildman–Crippen MR) is 45.3 cm³/mol. The largest absolute Gasteiger partial charge is 0.328 e. The van der Waals surface area contributed by atoms with Gasteiger partial charge in [0.25, 0.3) is 0 Å². The molecule has 1 unspecified atom stereocenters. The molecule has 0 spiro atoms. The molecule has 0 aromatic rings. The molecule has 0 amide bonds. The van der Waals surface area contributed by atoms with Crippen molar-refractivity contribution in [3.63, 3.8) is 0 Å². The molecule has 0 heterocycles. The van der Waals surface area contributed by atoms with Gasteiger partial charge in [-0.2, -0.15) is 0 Å². The molecule has 11 heavy (non-hydrogen) atoms. The molecular formula is C7H15O3P. The van der Waals surface area contributed by atoms with E-state index < -0.39 is 7.37 Å². The summed E-state index contributed by atoms with van der Waals surface area (Å²) in [6.45, 7) is 5.40. The van der Waals surface area contributed by atoms with Crippen LogP contribution in [0.5, 0.6) is 0 Å². The molecule has 0 bridgehead atoms. The van der Waals surface area contributed by atoms with Crippen molar-refractivity contribution in [1.29, 1.82) is 0 Å². The van der Waals surface area contributed by atoms with Crippen LogP contribution in [-0.2, 0) is 13.9 Å². The van der Waals surface area contributed by atoms with Gasteiger partial charge in [0.15, 0.2) is 0 Å². The van der Waals surface area contributed by atoms with Crippen LogP contribution in [0.25, 0.3) is 0 Å². The maximum absolute atomic E-state index is 11.5. The predicted octanol–water partition coefficient (Wildman–Crippen LogP) is 1.91. The van der Waals surface area contributed by atoms with Crippen LogP contribution >= 0.6 is 7.37 Å². The average Bonchev–Trinajstić information content (AvgIpc) is 1.87. The molecule has 66 valence electrons. The third kappa shape index (κ3) is 4.33. The Hall–Kier alpha value is -0.140. The molecular weight excluding hydrogens is 163 g/mol. The summed E-state index contributed by atoms with van der Waals surface area (Å²) in [4.78, 5) is 10.6. The first-order chi connectivity index (χ1) is 5.04. The van der Waals surface area contributed by atoms with Crippen LogP contribution in [-0.4, -0.2) is 24.7 Å². The fourth-order valence-electron chi connectivity index (χ4n) is 0.823. The first-order valence-corrected chi connectivity index (χ1v) is 5.75. The average molecular weight is 178 g/mol. The maximum atomic E-state index is 11.5. The Morgan fingerprint density at radius 3 is 2.27 bits per heavy atom. The van der Waals surface area contributed by atoms with E-state index in [9.17, 15) is 9.36 Å². The molecule has 0 fully saturated rings. The van der Waals surface area contributed by atoms with Gasteiger partial charge in [-0.15, -0.1) is 0 Å². The van der Waals surface area contributed by atoms with Crippen molar-refractivity contribution < 1.29 is 13.9 Å².